The molecule has 0 bridgehead atoms. The zero-order valence-electron chi connectivity index (χ0n) is 14.5. The van der Waals surface area contributed by atoms with E-state index in [0.29, 0.717) is 11.6 Å². The third-order valence-corrected chi connectivity index (χ3v) is 5.80. The Morgan fingerprint density at radius 3 is 2.38 bits per heavy atom. The molecule has 0 unspecified atom stereocenters. The molecule has 1 aromatic heterocycles. The van der Waals surface area contributed by atoms with E-state index in [1.807, 2.05) is 30.3 Å². The normalized spacial score (nSPS) is 11.7. The van der Waals surface area contributed by atoms with Crippen molar-refractivity contribution < 1.29 is 17.7 Å². The molecule has 0 radical (unpaired) electrons. The van der Waals surface area contributed by atoms with Crippen LogP contribution in [0.1, 0.15) is 12.8 Å². The van der Waals surface area contributed by atoms with E-state index in [4.69, 9.17) is 9.26 Å². The molecule has 0 aliphatic heterocycles. The first-order valence-electron chi connectivity index (χ1n) is 8.07. The summed E-state index contributed by atoms with van der Waals surface area (Å²) in [6, 6.07) is 15.6. The number of sulfonamides is 1. The fourth-order valence-electron chi connectivity index (χ4n) is 2.44. The van der Waals surface area contributed by atoms with Gasteiger partial charge in [0.05, 0.1) is 18.6 Å². The summed E-state index contributed by atoms with van der Waals surface area (Å²) in [5, 5.41) is 3.93. The smallest absolute Gasteiger partial charge is 0.243 e. The number of aromatic nitrogens is 2. The maximum Gasteiger partial charge on any atom is 0.243 e. The maximum atomic E-state index is 12.8. The summed E-state index contributed by atoms with van der Waals surface area (Å²) in [6.07, 6.45) is 0. The van der Waals surface area contributed by atoms with Crippen molar-refractivity contribution in [3.8, 4) is 17.1 Å². The highest BCUT2D eigenvalue weighted by molar-refractivity contribution is 7.89. The van der Waals surface area contributed by atoms with Crippen molar-refractivity contribution >= 4 is 10.0 Å². The molecule has 0 aliphatic rings. The molecule has 7 nitrogen and oxygen atoms in total. The lowest BCUT2D eigenvalue weighted by molar-refractivity contribution is 0.321. The highest BCUT2D eigenvalue weighted by Gasteiger charge is 2.25. The Labute approximate surface area is 152 Å². The molecule has 26 heavy (non-hydrogen) atoms. The zero-order valence-corrected chi connectivity index (χ0v) is 15.3. The van der Waals surface area contributed by atoms with E-state index in [1.54, 1.807) is 19.1 Å². The van der Waals surface area contributed by atoms with Gasteiger partial charge in [-0.3, -0.25) is 0 Å². The van der Waals surface area contributed by atoms with Crippen LogP contribution in [-0.4, -0.2) is 36.5 Å². The van der Waals surface area contributed by atoms with Crippen LogP contribution in [0, 0.1) is 0 Å². The lowest BCUT2D eigenvalue weighted by Gasteiger charge is -2.18. The average molecular weight is 373 g/mol. The van der Waals surface area contributed by atoms with E-state index in [0.717, 1.165) is 5.56 Å². The maximum absolute atomic E-state index is 12.8. The Morgan fingerprint density at radius 2 is 1.77 bits per heavy atom. The minimum absolute atomic E-state index is 0.00466. The Hall–Kier alpha value is -2.71. The first-order valence-corrected chi connectivity index (χ1v) is 9.51. The van der Waals surface area contributed by atoms with E-state index in [-0.39, 0.29) is 23.9 Å². The van der Waals surface area contributed by atoms with Crippen LogP contribution < -0.4 is 4.74 Å². The first kappa shape index (κ1) is 18.1. The minimum atomic E-state index is -3.68. The van der Waals surface area contributed by atoms with Crippen molar-refractivity contribution in [2.24, 2.45) is 0 Å². The van der Waals surface area contributed by atoms with Crippen LogP contribution >= 0.6 is 0 Å². The van der Waals surface area contributed by atoms with Crippen LogP contribution in [0.3, 0.4) is 0 Å². The second-order valence-electron chi connectivity index (χ2n) is 5.48. The summed E-state index contributed by atoms with van der Waals surface area (Å²) in [4.78, 5) is 4.48. The molecule has 0 amide bonds. The number of methoxy groups -OCH3 is 1. The van der Waals surface area contributed by atoms with Crippen molar-refractivity contribution in [2.75, 3.05) is 13.7 Å². The molecule has 0 saturated heterocycles. The molecule has 0 spiro atoms. The topological polar surface area (TPSA) is 85.5 Å². The van der Waals surface area contributed by atoms with Crippen molar-refractivity contribution in [3.05, 3.63) is 60.5 Å². The quantitative estimate of drug-likeness (QED) is 0.633. The number of rotatable bonds is 7. The third-order valence-electron chi connectivity index (χ3n) is 3.86. The van der Waals surface area contributed by atoms with Gasteiger partial charge in [-0.25, -0.2) is 8.42 Å². The molecule has 8 heteroatoms. The largest absolute Gasteiger partial charge is 0.497 e. The minimum Gasteiger partial charge on any atom is -0.497 e. The van der Waals surface area contributed by atoms with Gasteiger partial charge >= 0.3 is 0 Å². The van der Waals surface area contributed by atoms with Crippen molar-refractivity contribution in [2.45, 2.75) is 18.4 Å². The molecule has 136 valence electrons. The van der Waals surface area contributed by atoms with Gasteiger partial charge in [-0.15, -0.1) is 0 Å². The van der Waals surface area contributed by atoms with Crippen LogP contribution in [0.25, 0.3) is 11.4 Å². The van der Waals surface area contributed by atoms with E-state index in [9.17, 15) is 8.42 Å². The van der Waals surface area contributed by atoms with Crippen LogP contribution in [0.15, 0.2) is 64.0 Å². The molecule has 0 atom stereocenters. The van der Waals surface area contributed by atoms with Gasteiger partial charge in [0.1, 0.15) is 5.75 Å². The summed E-state index contributed by atoms with van der Waals surface area (Å²) >= 11 is 0. The predicted octanol–water partition coefficient (Wildman–Crippen LogP) is 2.96. The molecule has 0 fully saturated rings. The van der Waals surface area contributed by atoms with Gasteiger partial charge in [-0.05, 0) is 24.3 Å². The van der Waals surface area contributed by atoms with Gasteiger partial charge in [0.15, 0.2) is 0 Å². The summed E-state index contributed by atoms with van der Waals surface area (Å²) in [5.41, 5.74) is 0.809. The zero-order chi connectivity index (χ0) is 18.6. The summed E-state index contributed by atoms with van der Waals surface area (Å²) in [7, 11) is -2.15. The van der Waals surface area contributed by atoms with E-state index in [2.05, 4.69) is 10.1 Å². The second kappa shape index (κ2) is 7.67. The molecule has 0 saturated carbocycles. The molecule has 0 N–H and O–H groups in total. The average Bonchev–Trinajstić information content (AvgIpc) is 3.15. The summed E-state index contributed by atoms with van der Waals surface area (Å²) < 4.78 is 37.3. The van der Waals surface area contributed by atoms with Crippen molar-refractivity contribution in [3.63, 3.8) is 0 Å². The molecular weight excluding hydrogens is 354 g/mol. The van der Waals surface area contributed by atoms with Crippen LogP contribution in [0.5, 0.6) is 5.75 Å². The fourth-order valence-corrected chi connectivity index (χ4v) is 3.84. The number of benzene rings is 2. The van der Waals surface area contributed by atoms with Gasteiger partial charge in [0.2, 0.25) is 21.7 Å². The van der Waals surface area contributed by atoms with Gasteiger partial charge < -0.3 is 9.26 Å². The highest BCUT2D eigenvalue weighted by atomic mass is 32.2. The van der Waals surface area contributed by atoms with Crippen molar-refractivity contribution in [1.29, 1.82) is 0 Å². The number of nitrogens with zero attached hydrogens (tertiary/aromatic N) is 3. The second-order valence-corrected chi connectivity index (χ2v) is 7.42. The van der Waals surface area contributed by atoms with E-state index in [1.165, 1.54) is 23.5 Å². The Bertz CT molecular complexity index is 954. The van der Waals surface area contributed by atoms with E-state index >= 15 is 0 Å². The Morgan fingerprint density at radius 1 is 1.08 bits per heavy atom. The van der Waals surface area contributed by atoms with Gasteiger partial charge in [0.25, 0.3) is 0 Å². The lowest BCUT2D eigenvalue weighted by Crippen LogP contribution is -2.30. The molecule has 0 aliphatic carbocycles. The lowest BCUT2D eigenvalue weighted by atomic mass is 10.2. The van der Waals surface area contributed by atoms with Crippen LogP contribution in [-0.2, 0) is 16.6 Å². The van der Waals surface area contributed by atoms with Crippen molar-refractivity contribution in [1.82, 2.24) is 14.4 Å². The predicted molar refractivity (Wildman–Crippen MR) is 96.0 cm³/mol. The number of hydrogen-bond donors (Lipinski definition) is 0. The van der Waals surface area contributed by atoms with Crippen LogP contribution in [0.4, 0.5) is 0 Å². The third kappa shape index (κ3) is 3.76. The summed E-state index contributed by atoms with van der Waals surface area (Å²) in [5.74, 6) is 1.26. The molecule has 1 heterocycles. The highest BCUT2D eigenvalue weighted by Crippen LogP contribution is 2.22. The Balaban J connectivity index is 1.81. The molecule has 2 aromatic carbocycles. The monoisotopic (exact) mass is 373 g/mol. The first-order chi connectivity index (χ1) is 12.5. The van der Waals surface area contributed by atoms with Gasteiger partial charge in [-0.1, -0.05) is 42.4 Å². The number of hydrogen-bond acceptors (Lipinski definition) is 6. The van der Waals surface area contributed by atoms with Gasteiger partial charge in [-0.2, -0.15) is 9.29 Å². The SMILES string of the molecule is CCN(Cc1nc(-c2ccccc2)no1)S(=O)(=O)c1ccc(OC)cc1. The summed E-state index contributed by atoms with van der Waals surface area (Å²) in [6.45, 7) is 2.04. The molecule has 3 aromatic rings. The van der Waals surface area contributed by atoms with E-state index < -0.39 is 10.0 Å². The molecular formula is C18H19N3O4S. The number of ether oxygens (including phenoxy) is 1. The molecule has 3 rings (SSSR count). The fraction of sp³-hybridized carbons (Fsp3) is 0.222. The standard InChI is InChI=1S/C18H19N3O4S/c1-3-21(26(22,23)16-11-9-15(24-2)10-12-16)13-17-19-18(20-25-17)14-7-5-4-6-8-14/h4-12H,3,13H2,1-2H3. The Kier molecular flexibility index (Phi) is 5.34. The van der Waals surface area contributed by atoms with Crippen LogP contribution in [0.2, 0.25) is 0 Å². The van der Waals surface area contributed by atoms with Gasteiger partial charge in [0, 0.05) is 12.1 Å².